The van der Waals surface area contributed by atoms with Crippen molar-refractivity contribution in [2.45, 2.75) is 37.3 Å². The first kappa shape index (κ1) is 23.1. The summed E-state index contributed by atoms with van der Waals surface area (Å²) in [6.45, 7) is 0. The topological polar surface area (TPSA) is 101 Å². The van der Waals surface area contributed by atoms with Crippen LogP contribution >= 0.6 is 0 Å². The lowest BCUT2D eigenvalue weighted by Crippen LogP contribution is -2.56. The Morgan fingerprint density at radius 3 is 2.03 bits per heavy atom. The van der Waals surface area contributed by atoms with Crippen LogP contribution in [0.3, 0.4) is 0 Å². The monoisotopic (exact) mass is 443 g/mol. The Bertz CT molecular complexity index is 895. The van der Waals surface area contributed by atoms with Crippen molar-refractivity contribution >= 4 is 17.4 Å². The maximum absolute atomic E-state index is 13.7. The van der Waals surface area contributed by atoms with E-state index in [1.807, 2.05) is 5.43 Å². The molecule has 30 heavy (non-hydrogen) atoms. The van der Waals surface area contributed by atoms with E-state index in [-0.39, 0.29) is 24.1 Å². The smallest absolute Gasteiger partial charge is 0.302 e. The summed E-state index contributed by atoms with van der Waals surface area (Å²) in [5.41, 5.74) is 2.18. The highest BCUT2D eigenvalue weighted by molar-refractivity contribution is 6.02. The van der Waals surface area contributed by atoms with Crippen LogP contribution in [0.15, 0.2) is 35.5 Å². The van der Waals surface area contributed by atoms with Gasteiger partial charge in [0.15, 0.2) is 0 Å². The number of hydrogen-bond donors (Lipinski definition) is 2. The van der Waals surface area contributed by atoms with Gasteiger partial charge in [-0.15, -0.1) is 0 Å². The molecule has 0 saturated carbocycles. The van der Waals surface area contributed by atoms with Crippen LogP contribution in [-0.4, -0.2) is 34.6 Å². The Balaban J connectivity index is 2.18. The molecule has 164 valence electrons. The van der Waals surface area contributed by atoms with Crippen molar-refractivity contribution < 1.29 is 45.2 Å². The molecule has 1 amide bonds. The average Bonchev–Trinajstić information content (AvgIpc) is 3.12. The lowest BCUT2D eigenvalue weighted by atomic mass is 9.99. The predicted molar refractivity (Wildman–Crippen MR) is 85.5 cm³/mol. The highest BCUT2D eigenvalue weighted by Gasteiger charge is 2.76. The zero-order valence-corrected chi connectivity index (χ0v) is 14.7. The van der Waals surface area contributed by atoms with Crippen molar-refractivity contribution in [3.63, 3.8) is 0 Å². The molecule has 1 aromatic rings. The molecule has 14 heteroatoms. The number of nitro benzene ring substituents is 1. The van der Waals surface area contributed by atoms with E-state index in [1.54, 1.807) is 0 Å². The number of allylic oxidation sites excluding steroid dienone is 2. The number of nitro groups is 1. The number of nitrogens with zero attached hydrogens (tertiary/aromatic N) is 1. The molecule has 2 N–H and O–H groups in total. The van der Waals surface area contributed by atoms with Gasteiger partial charge in [0, 0.05) is 29.0 Å². The van der Waals surface area contributed by atoms with Crippen LogP contribution in [0.4, 0.5) is 36.4 Å². The lowest BCUT2D eigenvalue weighted by Gasteiger charge is -2.27. The molecule has 1 aliphatic carbocycles. The summed E-state index contributed by atoms with van der Waals surface area (Å²) in [7, 11) is 0. The van der Waals surface area contributed by atoms with Gasteiger partial charge in [0.2, 0.25) is 5.78 Å². The summed E-state index contributed by atoms with van der Waals surface area (Å²) in [4.78, 5) is 33.6. The van der Waals surface area contributed by atoms with E-state index in [2.05, 4.69) is 5.43 Å². The molecule has 0 fully saturated rings. The zero-order chi connectivity index (χ0) is 22.9. The number of carbonyl (C=O) groups excluding carboxylic acids is 2. The summed E-state index contributed by atoms with van der Waals surface area (Å²) in [5, 5.41) is 10.6. The van der Waals surface area contributed by atoms with Gasteiger partial charge in [-0.05, 0) is 31.4 Å². The summed E-state index contributed by atoms with van der Waals surface area (Å²) < 4.78 is 90.4. The number of Topliss-reactive ketones (excluding diaryl/α,β-unsaturated/α-hetero) is 1. The summed E-state index contributed by atoms with van der Waals surface area (Å²) in [6.07, 6.45) is -7.33. The fourth-order valence-corrected chi connectivity index (χ4v) is 2.58. The molecule has 1 aromatic carbocycles. The maximum Gasteiger partial charge on any atom is 0.460 e. The number of nitrogens with one attached hydrogen (secondary N) is 2. The van der Waals surface area contributed by atoms with Crippen molar-refractivity contribution in [3.05, 3.63) is 51.2 Å². The first-order chi connectivity index (χ1) is 13.7. The number of alkyl halides is 7. The van der Waals surface area contributed by atoms with E-state index in [4.69, 9.17) is 0 Å². The number of hydrazine groups is 1. The van der Waals surface area contributed by atoms with Crippen LogP contribution in [-0.2, 0) is 4.79 Å². The summed E-state index contributed by atoms with van der Waals surface area (Å²) in [5.74, 6) is -16.3. The number of amides is 1. The third-order valence-electron chi connectivity index (χ3n) is 4.19. The third kappa shape index (κ3) is 4.21. The second-order valence-corrected chi connectivity index (χ2v) is 6.17. The zero-order valence-electron chi connectivity index (χ0n) is 14.7. The minimum absolute atomic E-state index is 0.00945. The standard InChI is InChI=1S/C16H12F7N3O4/c17-14(18,15(19,20)16(21,22)23)12(27)10-2-1-3-11(10)24-25-13(28)8-4-6-9(7-5-8)26(29)30/h4-7,24H,1-3H2,(H,25,28). The fourth-order valence-electron chi connectivity index (χ4n) is 2.58. The van der Waals surface area contributed by atoms with E-state index in [1.165, 1.54) is 0 Å². The highest BCUT2D eigenvalue weighted by Crippen LogP contribution is 2.48. The third-order valence-corrected chi connectivity index (χ3v) is 4.19. The molecule has 7 nitrogen and oxygen atoms in total. The Labute approximate surface area is 163 Å². The van der Waals surface area contributed by atoms with Gasteiger partial charge < -0.3 is 5.43 Å². The Hall–Kier alpha value is -3.19. The first-order valence-electron chi connectivity index (χ1n) is 8.10. The van der Waals surface area contributed by atoms with Crippen molar-refractivity contribution in [2.24, 2.45) is 0 Å². The van der Waals surface area contributed by atoms with Gasteiger partial charge in [0.25, 0.3) is 11.6 Å². The molecule has 0 radical (unpaired) electrons. The second kappa shape index (κ2) is 7.91. The van der Waals surface area contributed by atoms with Crippen LogP contribution in [0, 0.1) is 10.1 Å². The van der Waals surface area contributed by atoms with E-state index in [0.717, 1.165) is 24.3 Å². The summed E-state index contributed by atoms with van der Waals surface area (Å²) >= 11 is 0. The molecule has 0 spiro atoms. The molecule has 2 rings (SSSR count). The van der Waals surface area contributed by atoms with E-state index in [9.17, 15) is 50.4 Å². The van der Waals surface area contributed by atoms with Crippen LogP contribution in [0.25, 0.3) is 0 Å². The van der Waals surface area contributed by atoms with Gasteiger partial charge >= 0.3 is 18.0 Å². The molecule has 0 saturated heterocycles. The fraction of sp³-hybridized carbons (Fsp3) is 0.375. The summed E-state index contributed by atoms with van der Waals surface area (Å²) in [6, 6.07) is 4.11. The van der Waals surface area contributed by atoms with E-state index < -0.39 is 52.3 Å². The average molecular weight is 443 g/mol. The maximum atomic E-state index is 13.7. The Morgan fingerprint density at radius 1 is 0.967 bits per heavy atom. The number of benzene rings is 1. The molecule has 0 bridgehead atoms. The van der Waals surface area contributed by atoms with Crippen LogP contribution in [0.5, 0.6) is 0 Å². The molecule has 0 heterocycles. The van der Waals surface area contributed by atoms with Crippen molar-refractivity contribution in [1.29, 1.82) is 0 Å². The van der Waals surface area contributed by atoms with Crippen molar-refractivity contribution in [3.8, 4) is 0 Å². The normalized spacial score (nSPS) is 15.2. The number of rotatable bonds is 7. The molecular formula is C16H12F7N3O4. The Morgan fingerprint density at radius 2 is 1.53 bits per heavy atom. The largest absolute Gasteiger partial charge is 0.460 e. The molecular weight excluding hydrogens is 431 g/mol. The van der Waals surface area contributed by atoms with Gasteiger partial charge in [-0.1, -0.05) is 0 Å². The van der Waals surface area contributed by atoms with Gasteiger partial charge in [0.1, 0.15) is 0 Å². The van der Waals surface area contributed by atoms with Gasteiger partial charge in [-0.2, -0.15) is 30.7 Å². The lowest BCUT2D eigenvalue weighted by molar-refractivity contribution is -0.384. The number of halogens is 7. The minimum Gasteiger partial charge on any atom is -0.302 e. The Kier molecular flexibility index (Phi) is 6.09. The van der Waals surface area contributed by atoms with Crippen molar-refractivity contribution in [2.75, 3.05) is 0 Å². The van der Waals surface area contributed by atoms with Crippen molar-refractivity contribution in [1.82, 2.24) is 10.9 Å². The molecule has 0 atom stereocenters. The first-order valence-corrected chi connectivity index (χ1v) is 8.10. The van der Waals surface area contributed by atoms with Gasteiger partial charge in [0.05, 0.1) is 4.92 Å². The molecule has 0 unspecified atom stereocenters. The van der Waals surface area contributed by atoms with Crippen LogP contribution in [0.1, 0.15) is 29.6 Å². The predicted octanol–water partition coefficient (Wildman–Crippen LogP) is 3.67. The number of carbonyl (C=O) groups is 2. The van der Waals surface area contributed by atoms with Crippen LogP contribution in [0.2, 0.25) is 0 Å². The van der Waals surface area contributed by atoms with E-state index >= 15 is 0 Å². The number of hydrogen-bond acceptors (Lipinski definition) is 5. The SMILES string of the molecule is O=C(NNC1=C(C(=O)C(F)(F)C(F)(F)C(F)(F)F)CCC1)c1ccc([N+](=O)[O-])cc1. The van der Waals surface area contributed by atoms with E-state index in [0.29, 0.717) is 0 Å². The molecule has 0 aromatic heterocycles. The molecule has 1 aliphatic rings. The van der Waals surface area contributed by atoms with Gasteiger partial charge in [-0.25, -0.2) is 0 Å². The van der Waals surface area contributed by atoms with Crippen LogP contribution < -0.4 is 10.9 Å². The minimum atomic E-state index is -6.65. The number of ketones is 1. The number of non-ortho nitro benzene ring substituents is 1. The quantitative estimate of drug-likeness (QED) is 0.381. The van der Waals surface area contributed by atoms with Gasteiger partial charge in [-0.3, -0.25) is 25.1 Å². The highest BCUT2D eigenvalue weighted by atomic mass is 19.4. The second-order valence-electron chi connectivity index (χ2n) is 6.17. The molecule has 0 aliphatic heterocycles.